The zero-order chi connectivity index (χ0) is 38.6. The second kappa shape index (κ2) is 19.4. The molecule has 6 atom stereocenters. The number of aromatic nitrogens is 3. The van der Waals surface area contributed by atoms with Crippen molar-refractivity contribution in [2.45, 2.75) is 103 Å². The van der Waals surface area contributed by atoms with Gasteiger partial charge in [-0.15, -0.1) is 0 Å². The number of ether oxygens (including phenoxy) is 3. The van der Waals surface area contributed by atoms with Gasteiger partial charge in [-0.05, 0) is 42.9 Å². The van der Waals surface area contributed by atoms with E-state index in [1.165, 1.54) is 16.6 Å². The van der Waals surface area contributed by atoms with Gasteiger partial charge in [-0.25, -0.2) is 19.2 Å². The number of benzene rings is 1. The van der Waals surface area contributed by atoms with E-state index in [9.17, 15) is 29.6 Å². The highest BCUT2D eigenvalue weighted by Gasteiger charge is 2.58. The van der Waals surface area contributed by atoms with Crippen LogP contribution in [0.2, 0.25) is 0 Å². The number of anilines is 1. The molecule has 17 heteroatoms. The van der Waals surface area contributed by atoms with Gasteiger partial charge < -0.3 is 30.2 Å². The normalized spacial score (nSPS) is 21.8. The fourth-order valence-electron chi connectivity index (χ4n) is 6.23. The van der Waals surface area contributed by atoms with Gasteiger partial charge in [0.1, 0.15) is 42.3 Å². The van der Waals surface area contributed by atoms with E-state index < -0.39 is 63.0 Å². The first-order chi connectivity index (χ1) is 25.4. The third-order valence-corrected chi connectivity index (χ3v) is 11.0. The minimum atomic E-state index is -4.63. The van der Waals surface area contributed by atoms with Gasteiger partial charge >= 0.3 is 19.7 Å². The lowest BCUT2D eigenvalue weighted by atomic mass is 9.92. The summed E-state index contributed by atoms with van der Waals surface area (Å²) in [5, 5.41) is 39.4. The Morgan fingerprint density at radius 2 is 1.75 bits per heavy atom. The van der Waals surface area contributed by atoms with Crippen LogP contribution >= 0.6 is 7.75 Å². The molecule has 0 bridgehead atoms. The first-order valence-electron chi connectivity index (χ1n) is 18.0. The third kappa shape index (κ3) is 10.2. The number of aliphatic hydroxyl groups excluding tert-OH is 2. The molecule has 1 aromatic carbocycles. The number of nitrogens with one attached hydrogen (secondary N) is 1. The van der Waals surface area contributed by atoms with Gasteiger partial charge in [0.15, 0.2) is 5.82 Å². The maximum atomic E-state index is 14.5. The molecule has 53 heavy (non-hydrogen) atoms. The van der Waals surface area contributed by atoms with Crippen LogP contribution in [0.4, 0.5) is 5.82 Å². The summed E-state index contributed by atoms with van der Waals surface area (Å²) in [4.78, 5) is 30.4. The Labute approximate surface area is 309 Å². The highest BCUT2D eigenvalue weighted by Crippen LogP contribution is 2.47. The third-order valence-electron chi connectivity index (χ3n) is 9.42. The maximum Gasteiger partial charge on any atom is 0.409 e. The molecule has 290 valence electrons. The van der Waals surface area contributed by atoms with Crippen molar-refractivity contribution in [2.24, 2.45) is 11.8 Å². The molecule has 3 heterocycles. The Morgan fingerprint density at radius 1 is 1.06 bits per heavy atom. The molecule has 0 saturated carbocycles. The molecule has 16 nitrogen and oxygen atoms in total. The summed E-state index contributed by atoms with van der Waals surface area (Å²) >= 11 is 0. The molecule has 0 spiro atoms. The topological polar surface area (TPSA) is 230 Å². The summed E-state index contributed by atoms with van der Waals surface area (Å²) in [6, 6.07) is 12.6. The van der Waals surface area contributed by atoms with Crippen molar-refractivity contribution in [1.82, 2.24) is 19.7 Å². The number of nitrogens with two attached hydrogens (primary N) is 1. The molecule has 1 saturated heterocycles. The Hall–Kier alpha value is -3.94. The van der Waals surface area contributed by atoms with Crippen molar-refractivity contribution in [3.8, 4) is 6.07 Å². The van der Waals surface area contributed by atoms with E-state index in [-0.39, 0.29) is 36.4 Å². The molecule has 1 aliphatic rings. The molecule has 1 aliphatic heterocycles. The molecule has 0 radical (unpaired) electrons. The average molecular weight is 759 g/mol. The molecule has 0 aliphatic carbocycles. The highest BCUT2D eigenvalue weighted by molar-refractivity contribution is 7.51. The van der Waals surface area contributed by atoms with Crippen LogP contribution in [0.5, 0.6) is 0 Å². The van der Waals surface area contributed by atoms with Crippen LogP contribution in [0, 0.1) is 23.2 Å². The molecule has 5 N–H and O–H groups in total. The summed E-state index contributed by atoms with van der Waals surface area (Å²) in [7, 11) is -4.63. The van der Waals surface area contributed by atoms with Crippen LogP contribution < -0.4 is 10.8 Å². The summed E-state index contributed by atoms with van der Waals surface area (Å²) in [6.45, 7) is 6.54. The Morgan fingerprint density at radius 3 is 2.40 bits per heavy atom. The van der Waals surface area contributed by atoms with Gasteiger partial charge in [-0.3, -0.25) is 18.6 Å². The van der Waals surface area contributed by atoms with Gasteiger partial charge in [-0.2, -0.15) is 10.4 Å². The summed E-state index contributed by atoms with van der Waals surface area (Å²) in [5.41, 5.74) is 4.90. The van der Waals surface area contributed by atoms with Crippen LogP contribution in [0.1, 0.15) is 77.5 Å². The number of rotatable bonds is 21. The number of nitriles is 1. The first kappa shape index (κ1) is 41.8. The summed E-state index contributed by atoms with van der Waals surface area (Å²) in [5.74, 6) is -1.42. The molecule has 1 fully saturated rings. The number of esters is 2. The van der Waals surface area contributed by atoms with Crippen molar-refractivity contribution in [3.05, 3.63) is 60.0 Å². The van der Waals surface area contributed by atoms with E-state index in [1.807, 2.05) is 39.8 Å². The Bertz CT molecular complexity index is 1730. The fraction of sp³-hybridized carbons (Fsp3) is 0.583. The van der Waals surface area contributed by atoms with Gasteiger partial charge in [0, 0.05) is 0 Å². The molecular formula is C36H51N6O10P. The average Bonchev–Trinajstić information content (AvgIpc) is 3.70. The number of nitrogen functional groups attached to an aromatic ring is 1. The predicted octanol–water partition coefficient (Wildman–Crippen LogP) is 4.19. The SMILES string of the molecule is CCCC(CCC)C(=O)OCO[P@](=O)(N[C@@H](Cc1ccccc1)C(=O)OCC(CC)CC)OC[C@H]1O[C@@](C#N)(c2ccc3c(N)ncnn23)[C@H](O)[C@@H]1O. The predicted molar refractivity (Wildman–Crippen MR) is 193 cm³/mol. The van der Waals surface area contributed by atoms with Crippen molar-refractivity contribution in [1.29, 1.82) is 5.26 Å². The number of carbonyl (C=O) groups is 2. The number of nitrogens with zero attached hydrogens (tertiary/aromatic N) is 4. The second-order valence-corrected chi connectivity index (χ2v) is 14.8. The fourth-order valence-corrected chi connectivity index (χ4v) is 7.57. The van der Waals surface area contributed by atoms with Gasteiger partial charge in [0.2, 0.25) is 12.4 Å². The van der Waals surface area contributed by atoms with Crippen molar-refractivity contribution in [3.63, 3.8) is 0 Å². The molecule has 3 aromatic rings. The van der Waals surface area contributed by atoms with E-state index in [0.717, 1.165) is 32.0 Å². The Kier molecular flexibility index (Phi) is 15.3. The van der Waals surface area contributed by atoms with Crippen LogP contribution in [0.15, 0.2) is 48.8 Å². The van der Waals surface area contributed by atoms with Crippen molar-refractivity contribution < 1.29 is 47.6 Å². The second-order valence-electron chi connectivity index (χ2n) is 13.1. The van der Waals surface area contributed by atoms with Gasteiger partial charge in [0.05, 0.1) is 24.8 Å². The van der Waals surface area contributed by atoms with Crippen LogP contribution in [0.3, 0.4) is 0 Å². The smallest absolute Gasteiger partial charge is 0.409 e. The van der Waals surface area contributed by atoms with E-state index in [1.54, 1.807) is 24.3 Å². The monoisotopic (exact) mass is 758 g/mol. The highest BCUT2D eigenvalue weighted by atomic mass is 31.2. The summed E-state index contributed by atoms with van der Waals surface area (Å²) in [6.07, 6.45) is 0.472. The van der Waals surface area contributed by atoms with Crippen LogP contribution in [0.25, 0.3) is 5.52 Å². The lowest BCUT2D eigenvalue weighted by molar-refractivity contribution is -0.156. The van der Waals surface area contributed by atoms with E-state index in [4.69, 9.17) is 29.0 Å². The number of carbonyl (C=O) groups excluding carboxylic acids is 2. The van der Waals surface area contributed by atoms with Crippen molar-refractivity contribution in [2.75, 3.05) is 25.7 Å². The lowest BCUT2D eigenvalue weighted by Gasteiger charge is -2.27. The minimum Gasteiger partial charge on any atom is -0.464 e. The number of hydrogen-bond acceptors (Lipinski definition) is 14. The van der Waals surface area contributed by atoms with E-state index in [2.05, 4.69) is 15.2 Å². The Balaban J connectivity index is 1.60. The van der Waals surface area contributed by atoms with Crippen LogP contribution in [-0.2, 0) is 49.4 Å². The van der Waals surface area contributed by atoms with Crippen molar-refractivity contribution >= 4 is 31.0 Å². The lowest BCUT2D eigenvalue weighted by Crippen LogP contribution is -2.41. The largest absolute Gasteiger partial charge is 0.464 e. The molecule has 4 rings (SSSR count). The minimum absolute atomic E-state index is 0.0270. The standard InChI is InChI=1S/C36H51N6O10P/c1-5-12-26(13-6-2)34(45)49-23-51-53(47,41-27(18-25-14-10-9-11-15-25)35(46)48-19-24(7-3)8-4)50-20-29-31(43)32(44)36(21-37,52-29)30-17-16-28-33(38)39-22-40-42(28)30/h9-11,14-17,22,24,26-27,29,31-32,43-44H,5-8,12-13,18-20,23H2,1-4H3,(H,41,47)(H2,38,39,40)/t27-,29+,31+,32+,36-,53-/m0/s1. The zero-order valence-corrected chi connectivity index (χ0v) is 31.5. The number of fused-ring (bicyclic) bond motifs is 1. The maximum absolute atomic E-state index is 14.5. The molecular weight excluding hydrogens is 707 g/mol. The number of aliphatic hydroxyl groups is 2. The molecule has 0 unspecified atom stereocenters. The molecule has 2 aromatic heterocycles. The van der Waals surface area contributed by atoms with Crippen LogP contribution in [-0.4, -0.2) is 81.1 Å². The quantitative estimate of drug-likeness (QED) is 0.0678. The van der Waals surface area contributed by atoms with Gasteiger partial charge in [-0.1, -0.05) is 83.7 Å². The molecule has 0 amide bonds. The summed E-state index contributed by atoms with van der Waals surface area (Å²) < 4.78 is 44.2. The van der Waals surface area contributed by atoms with Gasteiger partial charge in [0.25, 0.3) is 0 Å². The van der Waals surface area contributed by atoms with E-state index >= 15 is 0 Å². The first-order valence-corrected chi connectivity index (χ1v) is 19.6. The van der Waals surface area contributed by atoms with E-state index in [0.29, 0.717) is 23.9 Å². The number of hydrogen-bond donors (Lipinski definition) is 4. The zero-order valence-electron chi connectivity index (χ0n) is 30.6.